The third-order valence-corrected chi connectivity index (χ3v) is 3.65. The fraction of sp³-hybridized carbons (Fsp3) is 0.833. The third kappa shape index (κ3) is 4.60. The van der Waals surface area contributed by atoms with Crippen molar-refractivity contribution >= 4 is 23.1 Å². The number of hydrogen-bond acceptors (Lipinski definition) is 3. The van der Waals surface area contributed by atoms with Crippen LogP contribution in [0.1, 0.15) is 33.1 Å². The Morgan fingerprint density at radius 1 is 1.53 bits per heavy atom. The van der Waals surface area contributed by atoms with E-state index in [4.69, 9.17) is 18.0 Å². The molecule has 0 aromatic carbocycles. The molecule has 1 unspecified atom stereocenters. The van der Waals surface area contributed by atoms with E-state index >= 15 is 0 Å². The summed E-state index contributed by atoms with van der Waals surface area (Å²) in [4.78, 5) is 14.5. The third-order valence-electron chi connectivity index (χ3n) is 3.29. The van der Waals surface area contributed by atoms with Crippen molar-refractivity contribution in [2.24, 2.45) is 11.7 Å². The van der Waals surface area contributed by atoms with Gasteiger partial charge >= 0.3 is 0 Å². The Kier molecular flexibility index (Phi) is 5.85. The summed E-state index contributed by atoms with van der Waals surface area (Å²) < 4.78 is 0. The summed E-state index contributed by atoms with van der Waals surface area (Å²) >= 11 is 4.82. The van der Waals surface area contributed by atoms with E-state index in [1.807, 2.05) is 0 Å². The lowest BCUT2D eigenvalue weighted by molar-refractivity contribution is -0.123. The van der Waals surface area contributed by atoms with Crippen molar-refractivity contribution in [3.05, 3.63) is 0 Å². The van der Waals surface area contributed by atoms with Gasteiger partial charge in [-0.25, -0.2) is 0 Å². The molecule has 4 nitrogen and oxygen atoms in total. The van der Waals surface area contributed by atoms with Crippen molar-refractivity contribution in [1.29, 1.82) is 0 Å². The molecule has 1 aliphatic heterocycles. The van der Waals surface area contributed by atoms with Crippen LogP contribution in [-0.2, 0) is 4.79 Å². The monoisotopic (exact) mass is 257 g/mol. The van der Waals surface area contributed by atoms with E-state index in [1.54, 1.807) is 6.92 Å². The number of nitrogens with one attached hydrogen (secondary N) is 1. The van der Waals surface area contributed by atoms with E-state index in [1.165, 1.54) is 6.42 Å². The van der Waals surface area contributed by atoms with Crippen LogP contribution in [0.25, 0.3) is 0 Å². The van der Waals surface area contributed by atoms with Crippen LogP contribution in [0.5, 0.6) is 0 Å². The summed E-state index contributed by atoms with van der Waals surface area (Å²) in [5, 5.41) is 3.03. The Labute approximate surface area is 109 Å². The number of thiocarbonyl (C=S) groups is 1. The van der Waals surface area contributed by atoms with Crippen molar-refractivity contribution < 1.29 is 4.79 Å². The molecule has 1 amide bonds. The molecule has 1 saturated heterocycles. The van der Waals surface area contributed by atoms with Crippen LogP contribution < -0.4 is 11.1 Å². The summed E-state index contributed by atoms with van der Waals surface area (Å²) in [7, 11) is 0. The first-order chi connectivity index (χ1) is 8.04. The van der Waals surface area contributed by atoms with E-state index in [-0.39, 0.29) is 22.9 Å². The van der Waals surface area contributed by atoms with Crippen LogP contribution in [0.2, 0.25) is 0 Å². The van der Waals surface area contributed by atoms with Gasteiger partial charge in [0.05, 0.1) is 10.9 Å². The number of nitrogens with zero attached hydrogens (tertiary/aromatic N) is 1. The molecule has 0 aromatic heterocycles. The van der Waals surface area contributed by atoms with Crippen molar-refractivity contribution in [2.75, 3.05) is 19.6 Å². The second kappa shape index (κ2) is 6.91. The minimum atomic E-state index is -0.362. The van der Waals surface area contributed by atoms with Crippen LogP contribution in [0.3, 0.4) is 0 Å². The van der Waals surface area contributed by atoms with Gasteiger partial charge in [0.25, 0.3) is 0 Å². The number of carbonyl (C=O) groups excluding carboxylic acids is 1. The number of likely N-dealkylation sites (tertiary alicyclic amines) is 1. The highest BCUT2D eigenvalue weighted by atomic mass is 32.1. The summed E-state index contributed by atoms with van der Waals surface area (Å²) in [6, 6.07) is 0.285. The predicted octanol–water partition coefficient (Wildman–Crippen LogP) is 0.899. The van der Waals surface area contributed by atoms with Crippen LogP contribution >= 0.6 is 12.2 Å². The highest BCUT2D eigenvalue weighted by Crippen LogP contribution is 2.11. The molecule has 3 N–H and O–H groups in total. The summed E-state index contributed by atoms with van der Waals surface area (Å²) in [6.45, 7) is 7.24. The molecule has 1 aliphatic rings. The SMILES string of the molecule is CCCN1CCC(NC(=O)C(C)C(N)=S)CC1. The predicted molar refractivity (Wildman–Crippen MR) is 73.8 cm³/mol. The Bertz CT molecular complexity index is 275. The zero-order chi connectivity index (χ0) is 12.8. The van der Waals surface area contributed by atoms with Gasteiger partial charge in [-0.05, 0) is 32.7 Å². The maximum atomic E-state index is 11.8. The topological polar surface area (TPSA) is 58.4 Å². The fourth-order valence-electron chi connectivity index (χ4n) is 2.07. The van der Waals surface area contributed by atoms with Gasteiger partial charge in [0.2, 0.25) is 5.91 Å². The Hall–Kier alpha value is -0.680. The van der Waals surface area contributed by atoms with Crippen molar-refractivity contribution in [3.8, 4) is 0 Å². The minimum absolute atomic E-state index is 0.0357. The van der Waals surface area contributed by atoms with Crippen LogP contribution in [0.4, 0.5) is 0 Å². The molecule has 1 fully saturated rings. The van der Waals surface area contributed by atoms with Crippen molar-refractivity contribution in [3.63, 3.8) is 0 Å². The van der Waals surface area contributed by atoms with Gasteiger partial charge in [-0.15, -0.1) is 0 Å². The van der Waals surface area contributed by atoms with Gasteiger partial charge in [0.1, 0.15) is 0 Å². The number of amides is 1. The first kappa shape index (κ1) is 14.4. The molecule has 5 heteroatoms. The van der Waals surface area contributed by atoms with E-state index in [0.717, 1.165) is 32.5 Å². The molecule has 1 atom stereocenters. The number of carbonyl (C=O) groups is 1. The highest BCUT2D eigenvalue weighted by molar-refractivity contribution is 7.80. The van der Waals surface area contributed by atoms with Crippen LogP contribution in [0, 0.1) is 5.92 Å². The lowest BCUT2D eigenvalue weighted by Crippen LogP contribution is -2.47. The van der Waals surface area contributed by atoms with Gasteiger partial charge in [-0.2, -0.15) is 0 Å². The highest BCUT2D eigenvalue weighted by Gasteiger charge is 2.23. The van der Waals surface area contributed by atoms with Gasteiger partial charge in [-0.3, -0.25) is 4.79 Å². The summed E-state index contributed by atoms with van der Waals surface area (Å²) in [5.41, 5.74) is 5.47. The molecule has 1 rings (SSSR count). The molecule has 0 saturated carbocycles. The minimum Gasteiger partial charge on any atom is -0.393 e. The molecule has 0 aromatic rings. The average Bonchev–Trinajstić information content (AvgIpc) is 2.30. The number of rotatable bonds is 5. The Balaban J connectivity index is 2.30. The molecule has 0 aliphatic carbocycles. The smallest absolute Gasteiger partial charge is 0.229 e. The maximum Gasteiger partial charge on any atom is 0.229 e. The van der Waals surface area contributed by atoms with Gasteiger partial charge in [-0.1, -0.05) is 19.1 Å². The van der Waals surface area contributed by atoms with Crippen molar-refractivity contribution in [2.45, 2.75) is 39.2 Å². The number of hydrogen-bond donors (Lipinski definition) is 2. The first-order valence-corrected chi connectivity index (χ1v) is 6.77. The second-order valence-corrected chi connectivity index (χ2v) is 5.22. The maximum absolute atomic E-state index is 11.8. The lowest BCUT2D eigenvalue weighted by Gasteiger charge is -2.32. The largest absolute Gasteiger partial charge is 0.393 e. The van der Waals surface area contributed by atoms with Gasteiger partial charge < -0.3 is 16.0 Å². The van der Waals surface area contributed by atoms with E-state index in [0.29, 0.717) is 0 Å². The van der Waals surface area contributed by atoms with Gasteiger partial charge in [0, 0.05) is 19.1 Å². The normalized spacial score (nSPS) is 19.9. The van der Waals surface area contributed by atoms with Crippen LogP contribution in [0.15, 0.2) is 0 Å². The Morgan fingerprint density at radius 3 is 2.59 bits per heavy atom. The zero-order valence-electron chi connectivity index (χ0n) is 10.7. The number of nitrogens with two attached hydrogens (primary N) is 1. The van der Waals surface area contributed by atoms with Gasteiger partial charge in [0.15, 0.2) is 0 Å². The molecular weight excluding hydrogens is 234 g/mol. The first-order valence-electron chi connectivity index (χ1n) is 6.36. The fourth-order valence-corrected chi connectivity index (χ4v) is 2.18. The second-order valence-electron chi connectivity index (χ2n) is 4.75. The lowest BCUT2D eigenvalue weighted by atomic mass is 10.0. The van der Waals surface area contributed by atoms with E-state index in [2.05, 4.69) is 17.1 Å². The Morgan fingerprint density at radius 2 is 2.12 bits per heavy atom. The van der Waals surface area contributed by atoms with E-state index < -0.39 is 0 Å². The number of piperidine rings is 1. The molecule has 0 radical (unpaired) electrons. The van der Waals surface area contributed by atoms with Crippen LogP contribution in [-0.4, -0.2) is 41.5 Å². The quantitative estimate of drug-likeness (QED) is 0.719. The summed E-state index contributed by atoms with van der Waals surface area (Å²) in [6.07, 6.45) is 3.24. The standard InChI is InChI=1S/C12H23N3OS/c1-3-6-15-7-4-10(5-8-15)14-12(16)9(2)11(13)17/h9-10H,3-8H2,1-2H3,(H2,13,17)(H,14,16). The summed E-state index contributed by atoms with van der Waals surface area (Å²) in [5.74, 6) is -0.398. The molecule has 1 heterocycles. The zero-order valence-corrected chi connectivity index (χ0v) is 11.6. The average molecular weight is 257 g/mol. The van der Waals surface area contributed by atoms with Crippen molar-refractivity contribution in [1.82, 2.24) is 10.2 Å². The molecule has 0 bridgehead atoms. The molecule has 98 valence electrons. The molecular formula is C12H23N3OS. The van der Waals surface area contributed by atoms with E-state index in [9.17, 15) is 4.79 Å². The molecule has 17 heavy (non-hydrogen) atoms. The molecule has 0 spiro atoms.